The second-order valence-corrected chi connectivity index (χ2v) is 5.82. The average molecular weight is 289 g/mol. The topological polar surface area (TPSA) is 24.4 Å². The summed E-state index contributed by atoms with van der Waals surface area (Å²) in [5, 5.41) is 5.26. The highest BCUT2D eigenvalue weighted by Crippen LogP contribution is 2.44. The molecule has 1 heterocycles. The summed E-state index contributed by atoms with van der Waals surface area (Å²) in [5.41, 5.74) is 3.55. The summed E-state index contributed by atoms with van der Waals surface area (Å²) >= 11 is 7.85. The van der Waals surface area contributed by atoms with Crippen LogP contribution in [0.4, 0.5) is 5.69 Å². The van der Waals surface area contributed by atoms with Crippen LogP contribution in [0.5, 0.6) is 0 Å². The summed E-state index contributed by atoms with van der Waals surface area (Å²) in [7, 11) is 1.80. The Labute approximate surface area is 121 Å². The Hall–Kier alpha value is -1.45. The lowest BCUT2D eigenvalue weighted by Gasteiger charge is -2.27. The van der Waals surface area contributed by atoms with Crippen LogP contribution in [-0.2, 0) is 0 Å². The van der Waals surface area contributed by atoms with Crippen molar-refractivity contribution in [1.29, 1.82) is 0 Å². The first-order valence-corrected chi connectivity index (χ1v) is 7.28. The second kappa shape index (κ2) is 5.27. The van der Waals surface area contributed by atoms with E-state index in [0.29, 0.717) is 0 Å². The fraction of sp³-hybridized carbons (Fsp3) is 0.133. The molecule has 2 aromatic rings. The molecule has 0 saturated carbocycles. The van der Waals surface area contributed by atoms with E-state index in [1.807, 2.05) is 24.3 Å². The van der Waals surface area contributed by atoms with Crippen molar-refractivity contribution >= 4 is 34.2 Å². The number of thioether (sulfide) groups is 1. The van der Waals surface area contributed by atoms with Gasteiger partial charge >= 0.3 is 0 Å². The molecule has 19 heavy (non-hydrogen) atoms. The Morgan fingerprint density at radius 2 is 1.95 bits per heavy atom. The highest BCUT2D eigenvalue weighted by molar-refractivity contribution is 8.14. The minimum atomic E-state index is 0.231. The van der Waals surface area contributed by atoms with E-state index in [2.05, 4.69) is 34.6 Å². The number of hydrogen-bond donors (Lipinski definition) is 1. The highest BCUT2D eigenvalue weighted by Gasteiger charge is 2.25. The van der Waals surface area contributed by atoms with E-state index in [1.165, 1.54) is 11.1 Å². The standard InChI is InChI=1S/C15H13ClN2S/c1-17-15-18-13-8-7-11(16)9-12(13)14(19-15)10-5-3-2-4-6-10/h2-9,14H,1H3,(H,17,18). The summed E-state index contributed by atoms with van der Waals surface area (Å²) in [6.45, 7) is 0. The molecule has 1 aliphatic rings. The van der Waals surface area contributed by atoms with Gasteiger partial charge in [-0.25, -0.2) is 0 Å². The van der Waals surface area contributed by atoms with Crippen LogP contribution in [0, 0.1) is 0 Å². The zero-order valence-corrected chi connectivity index (χ0v) is 12.0. The molecule has 1 aliphatic heterocycles. The van der Waals surface area contributed by atoms with E-state index in [4.69, 9.17) is 11.6 Å². The Kier molecular flexibility index (Phi) is 3.49. The summed E-state index contributed by atoms with van der Waals surface area (Å²) < 4.78 is 0. The van der Waals surface area contributed by atoms with Crippen molar-refractivity contribution in [2.75, 3.05) is 12.4 Å². The molecule has 2 aromatic carbocycles. The highest BCUT2D eigenvalue weighted by atomic mass is 35.5. The number of nitrogens with zero attached hydrogens (tertiary/aromatic N) is 1. The Bertz CT molecular complexity index is 625. The normalized spacial score (nSPS) is 19.9. The van der Waals surface area contributed by atoms with Gasteiger partial charge in [0.2, 0.25) is 0 Å². The lowest BCUT2D eigenvalue weighted by Crippen LogP contribution is -2.18. The predicted molar refractivity (Wildman–Crippen MR) is 84.3 cm³/mol. The van der Waals surface area contributed by atoms with Crippen LogP contribution in [0.25, 0.3) is 0 Å². The summed E-state index contributed by atoms with van der Waals surface area (Å²) in [4.78, 5) is 4.28. The van der Waals surface area contributed by atoms with Gasteiger partial charge < -0.3 is 5.32 Å². The van der Waals surface area contributed by atoms with E-state index in [9.17, 15) is 0 Å². The van der Waals surface area contributed by atoms with Gasteiger partial charge in [0.05, 0.1) is 5.25 Å². The number of nitrogens with one attached hydrogen (secondary N) is 1. The third kappa shape index (κ3) is 2.48. The van der Waals surface area contributed by atoms with Crippen molar-refractivity contribution in [3.05, 3.63) is 64.7 Å². The number of fused-ring (bicyclic) bond motifs is 1. The lowest BCUT2D eigenvalue weighted by molar-refractivity contribution is 1.16. The van der Waals surface area contributed by atoms with Crippen LogP contribution in [0.2, 0.25) is 5.02 Å². The SMILES string of the molecule is CN=C1Nc2ccc(Cl)cc2C(c2ccccc2)S1. The van der Waals surface area contributed by atoms with Crippen molar-refractivity contribution in [2.45, 2.75) is 5.25 Å². The molecule has 0 spiro atoms. The first-order chi connectivity index (χ1) is 9.28. The average Bonchev–Trinajstić information content (AvgIpc) is 2.47. The molecule has 4 heteroatoms. The molecule has 1 unspecified atom stereocenters. The van der Waals surface area contributed by atoms with E-state index in [-0.39, 0.29) is 5.25 Å². The summed E-state index contributed by atoms with van der Waals surface area (Å²) in [5.74, 6) is 0. The summed E-state index contributed by atoms with van der Waals surface area (Å²) in [6.07, 6.45) is 0. The maximum absolute atomic E-state index is 6.13. The van der Waals surface area contributed by atoms with Crippen molar-refractivity contribution in [3.63, 3.8) is 0 Å². The van der Waals surface area contributed by atoms with Gasteiger partial charge in [-0.1, -0.05) is 53.7 Å². The van der Waals surface area contributed by atoms with Gasteiger partial charge in [0, 0.05) is 17.8 Å². The number of amidine groups is 1. The molecule has 0 fully saturated rings. The van der Waals surface area contributed by atoms with Gasteiger partial charge in [-0.3, -0.25) is 4.99 Å². The molecule has 0 saturated heterocycles. The van der Waals surface area contributed by atoms with Crippen molar-refractivity contribution in [3.8, 4) is 0 Å². The minimum absolute atomic E-state index is 0.231. The number of anilines is 1. The third-order valence-corrected chi connectivity index (χ3v) is 4.58. The zero-order valence-electron chi connectivity index (χ0n) is 10.4. The molecule has 0 aliphatic carbocycles. The largest absolute Gasteiger partial charge is 0.335 e. The molecule has 1 N–H and O–H groups in total. The maximum Gasteiger partial charge on any atom is 0.161 e. The molecule has 96 valence electrons. The molecular formula is C15H13ClN2S. The van der Waals surface area contributed by atoms with E-state index >= 15 is 0 Å². The van der Waals surface area contributed by atoms with Gasteiger partial charge in [0.15, 0.2) is 5.17 Å². The number of aliphatic imine (C=N–C) groups is 1. The van der Waals surface area contributed by atoms with Crippen LogP contribution in [0.15, 0.2) is 53.5 Å². The van der Waals surface area contributed by atoms with Crippen LogP contribution >= 0.6 is 23.4 Å². The van der Waals surface area contributed by atoms with Gasteiger partial charge in [-0.2, -0.15) is 0 Å². The molecule has 0 radical (unpaired) electrons. The van der Waals surface area contributed by atoms with Crippen molar-refractivity contribution < 1.29 is 0 Å². The number of benzene rings is 2. The molecule has 0 bridgehead atoms. The first kappa shape index (κ1) is 12.6. The van der Waals surface area contributed by atoms with Crippen LogP contribution in [0.1, 0.15) is 16.4 Å². The van der Waals surface area contributed by atoms with E-state index in [0.717, 1.165) is 15.9 Å². The molecule has 3 rings (SSSR count). The number of rotatable bonds is 1. The smallest absolute Gasteiger partial charge is 0.161 e. The number of hydrogen-bond acceptors (Lipinski definition) is 2. The molecule has 2 nitrogen and oxygen atoms in total. The molecular weight excluding hydrogens is 276 g/mol. The van der Waals surface area contributed by atoms with Crippen LogP contribution < -0.4 is 5.32 Å². The fourth-order valence-corrected chi connectivity index (χ4v) is 3.46. The summed E-state index contributed by atoms with van der Waals surface area (Å²) in [6, 6.07) is 16.4. The van der Waals surface area contributed by atoms with Gasteiger partial charge in [0.1, 0.15) is 0 Å². The fourth-order valence-electron chi connectivity index (χ4n) is 2.17. The Balaban J connectivity index is 2.12. The number of halogens is 1. The molecule has 1 atom stereocenters. The van der Waals surface area contributed by atoms with Crippen molar-refractivity contribution in [1.82, 2.24) is 0 Å². The van der Waals surface area contributed by atoms with Gasteiger partial charge in [-0.05, 0) is 29.3 Å². The minimum Gasteiger partial charge on any atom is -0.335 e. The lowest BCUT2D eigenvalue weighted by atomic mass is 10.0. The van der Waals surface area contributed by atoms with E-state index in [1.54, 1.807) is 18.8 Å². The Morgan fingerprint density at radius 1 is 1.16 bits per heavy atom. The van der Waals surface area contributed by atoms with Gasteiger partial charge in [0.25, 0.3) is 0 Å². The first-order valence-electron chi connectivity index (χ1n) is 6.03. The second-order valence-electron chi connectivity index (χ2n) is 4.29. The van der Waals surface area contributed by atoms with Crippen LogP contribution in [-0.4, -0.2) is 12.2 Å². The van der Waals surface area contributed by atoms with Crippen molar-refractivity contribution in [2.24, 2.45) is 4.99 Å². The quantitative estimate of drug-likeness (QED) is 0.831. The monoisotopic (exact) mass is 288 g/mol. The van der Waals surface area contributed by atoms with E-state index < -0.39 is 0 Å². The maximum atomic E-state index is 6.13. The van der Waals surface area contributed by atoms with Crippen LogP contribution in [0.3, 0.4) is 0 Å². The Morgan fingerprint density at radius 3 is 2.68 bits per heavy atom. The predicted octanol–water partition coefficient (Wildman–Crippen LogP) is 4.57. The third-order valence-electron chi connectivity index (χ3n) is 3.07. The van der Waals surface area contributed by atoms with Gasteiger partial charge in [-0.15, -0.1) is 0 Å². The molecule has 0 amide bonds. The zero-order chi connectivity index (χ0) is 13.2. The molecule has 0 aromatic heterocycles.